The summed E-state index contributed by atoms with van der Waals surface area (Å²) in [5, 5.41) is 14.6. The van der Waals surface area contributed by atoms with Crippen molar-refractivity contribution in [2.45, 2.75) is 19.5 Å². The van der Waals surface area contributed by atoms with Gasteiger partial charge in [0.2, 0.25) is 0 Å². The molecule has 0 spiro atoms. The number of nitrogens with one attached hydrogen (secondary N) is 1. The maximum absolute atomic E-state index is 13.4. The third-order valence-electron chi connectivity index (χ3n) is 2.43. The van der Waals surface area contributed by atoms with Gasteiger partial charge in [-0.25, -0.2) is 4.39 Å². The molecule has 1 rings (SSSR count). The summed E-state index contributed by atoms with van der Waals surface area (Å²) >= 11 is 0. The first kappa shape index (κ1) is 14.4. The van der Waals surface area contributed by atoms with E-state index in [-0.39, 0.29) is 11.9 Å². The molecule has 0 saturated heterocycles. The fraction of sp³-hybridized carbons (Fsp3) is 0.417. The molecule has 5 nitrogen and oxygen atoms in total. The number of benzene rings is 1. The van der Waals surface area contributed by atoms with Crippen LogP contribution >= 0.6 is 0 Å². The van der Waals surface area contributed by atoms with Gasteiger partial charge < -0.3 is 21.0 Å². The molecule has 0 aromatic heterocycles. The van der Waals surface area contributed by atoms with E-state index in [1.54, 1.807) is 13.2 Å². The molecule has 1 unspecified atom stereocenters. The monoisotopic (exact) mass is 255 g/mol. The van der Waals surface area contributed by atoms with Crippen molar-refractivity contribution in [3.63, 3.8) is 0 Å². The number of ether oxygens (including phenoxy) is 1. The van der Waals surface area contributed by atoms with E-state index in [0.717, 1.165) is 5.56 Å². The molecular weight excluding hydrogens is 237 g/mol. The molecule has 1 aromatic carbocycles. The van der Waals surface area contributed by atoms with Crippen molar-refractivity contribution in [3.05, 3.63) is 35.1 Å². The van der Waals surface area contributed by atoms with E-state index in [0.29, 0.717) is 18.7 Å². The summed E-state index contributed by atoms with van der Waals surface area (Å²) in [6.07, 6.45) is 0. The van der Waals surface area contributed by atoms with Gasteiger partial charge in [-0.3, -0.25) is 0 Å². The summed E-state index contributed by atoms with van der Waals surface area (Å²) in [5.74, 6) is -0.531. The number of nitrogens with zero attached hydrogens (tertiary/aromatic N) is 1. The van der Waals surface area contributed by atoms with Crippen LogP contribution in [0.5, 0.6) is 0 Å². The lowest BCUT2D eigenvalue weighted by molar-refractivity contribution is 0.171. The first-order chi connectivity index (χ1) is 8.56. The van der Waals surface area contributed by atoms with Crippen molar-refractivity contribution in [1.82, 2.24) is 5.32 Å². The Balaban J connectivity index is 2.74. The van der Waals surface area contributed by atoms with Gasteiger partial charge in [-0.05, 0) is 30.7 Å². The molecular formula is C12H18FN3O2. The van der Waals surface area contributed by atoms with Gasteiger partial charge in [0, 0.05) is 25.3 Å². The van der Waals surface area contributed by atoms with Crippen LogP contribution in [0.25, 0.3) is 0 Å². The Kier molecular flexibility index (Phi) is 5.54. The van der Waals surface area contributed by atoms with Crippen molar-refractivity contribution in [2.75, 3.05) is 13.7 Å². The van der Waals surface area contributed by atoms with Crippen LogP contribution in [0.2, 0.25) is 0 Å². The van der Waals surface area contributed by atoms with E-state index in [1.165, 1.54) is 12.1 Å². The third-order valence-corrected chi connectivity index (χ3v) is 2.43. The molecule has 0 aliphatic carbocycles. The highest BCUT2D eigenvalue weighted by atomic mass is 19.1. The molecule has 0 aliphatic rings. The van der Waals surface area contributed by atoms with Gasteiger partial charge in [0.15, 0.2) is 5.84 Å². The Bertz CT molecular complexity index is 424. The first-order valence-electron chi connectivity index (χ1n) is 5.56. The second-order valence-electron chi connectivity index (χ2n) is 4.07. The van der Waals surface area contributed by atoms with E-state index < -0.39 is 5.82 Å². The van der Waals surface area contributed by atoms with Crippen LogP contribution < -0.4 is 11.1 Å². The molecule has 1 atom stereocenters. The van der Waals surface area contributed by atoms with E-state index in [1.807, 2.05) is 6.92 Å². The minimum Gasteiger partial charge on any atom is -0.409 e. The SMILES string of the molecule is COCC(C)NCc1cc(F)cc(/C(N)=N/O)c1. The first-order valence-corrected chi connectivity index (χ1v) is 5.56. The second kappa shape index (κ2) is 6.93. The summed E-state index contributed by atoms with van der Waals surface area (Å²) < 4.78 is 18.3. The van der Waals surface area contributed by atoms with Gasteiger partial charge in [0.25, 0.3) is 0 Å². The maximum atomic E-state index is 13.4. The number of hydrogen-bond donors (Lipinski definition) is 3. The highest BCUT2D eigenvalue weighted by molar-refractivity contribution is 5.97. The predicted octanol–water partition coefficient (Wildman–Crippen LogP) is 1.04. The van der Waals surface area contributed by atoms with Crippen molar-refractivity contribution >= 4 is 5.84 Å². The largest absolute Gasteiger partial charge is 0.409 e. The van der Waals surface area contributed by atoms with Crippen LogP contribution in [-0.2, 0) is 11.3 Å². The van der Waals surface area contributed by atoms with Gasteiger partial charge >= 0.3 is 0 Å². The smallest absolute Gasteiger partial charge is 0.170 e. The van der Waals surface area contributed by atoms with E-state index >= 15 is 0 Å². The van der Waals surface area contributed by atoms with Crippen LogP contribution in [0, 0.1) is 5.82 Å². The van der Waals surface area contributed by atoms with Crippen molar-refractivity contribution in [1.29, 1.82) is 0 Å². The molecule has 0 saturated carbocycles. The zero-order chi connectivity index (χ0) is 13.5. The summed E-state index contributed by atoms with van der Waals surface area (Å²) in [6, 6.07) is 4.45. The normalized spacial score (nSPS) is 13.6. The highest BCUT2D eigenvalue weighted by Gasteiger charge is 2.06. The van der Waals surface area contributed by atoms with E-state index in [9.17, 15) is 4.39 Å². The lowest BCUT2D eigenvalue weighted by atomic mass is 10.1. The standard InChI is InChI=1S/C12H18FN3O2/c1-8(7-18-2)15-6-9-3-10(12(14)16-17)5-11(13)4-9/h3-5,8,15,17H,6-7H2,1-2H3,(H2,14,16). The van der Waals surface area contributed by atoms with Crippen LogP contribution in [0.4, 0.5) is 4.39 Å². The van der Waals surface area contributed by atoms with Crippen molar-refractivity contribution < 1.29 is 14.3 Å². The number of halogens is 1. The van der Waals surface area contributed by atoms with E-state index in [4.69, 9.17) is 15.7 Å². The maximum Gasteiger partial charge on any atom is 0.170 e. The minimum atomic E-state index is -0.421. The Hall–Kier alpha value is -1.66. The lowest BCUT2D eigenvalue weighted by Gasteiger charge is -2.13. The average molecular weight is 255 g/mol. The molecule has 0 fully saturated rings. The van der Waals surface area contributed by atoms with E-state index in [2.05, 4.69) is 10.5 Å². The Labute approximate surface area is 105 Å². The van der Waals surface area contributed by atoms with Crippen LogP contribution in [0.1, 0.15) is 18.1 Å². The molecule has 0 amide bonds. The van der Waals surface area contributed by atoms with Gasteiger partial charge in [-0.2, -0.15) is 0 Å². The molecule has 0 heterocycles. The van der Waals surface area contributed by atoms with Crippen LogP contribution in [-0.4, -0.2) is 30.8 Å². The lowest BCUT2D eigenvalue weighted by Crippen LogP contribution is -2.29. The molecule has 0 aliphatic heterocycles. The van der Waals surface area contributed by atoms with Gasteiger partial charge in [0.05, 0.1) is 6.61 Å². The molecule has 1 aromatic rings. The average Bonchev–Trinajstić information content (AvgIpc) is 2.35. The summed E-state index contributed by atoms with van der Waals surface area (Å²) in [7, 11) is 1.62. The van der Waals surface area contributed by atoms with Crippen molar-refractivity contribution in [2.24, 2.45) is 10.9 Å². The number of rotatable bonds is 6. The summed E-state index contributed by atoms with van der Waals surface area (Å²) in [5.41, 5.74) is 6.51. The molecule has 4 N–H and O–H groups in total. The zero-order valence-corrected chi connectivity index (χ0v) is 10.5. The van der Waals surface area contributed by atoms with Gasteiger partial charge in [0.1, 0.15) is 5.82 Å². The predicted molar refractivity (Wildman–Crippen MR) is 67.1 cm³/mol. The number of methoxy groups -OCH3 is 1. The molecule has 0 bridgehead atoms. The van der Waals surface area contributed by atoms with Gasteiger partial charge in [-0.15, -0.1) is 0 Å². The number of nitrogens with two attached hydrogens (primary N) is 1. The molecule has 6 heteroatoms. The third kappa shape index (κ3) is 4.31. The zero-order valence-electron chi connectivity index (χ0n) is 10.5. The fourth-order valence-corrected chi connectivity index (χ4v) is 1.56. The molecule has 100 valence electrons. The van der Waals surface area contributed by atoms with Gasteiger partial charge in [-0.1, -0.05) is 5.16 Å². The number of amidine groups is 1. The topological polar surface area (TPSA) is 79.9 Å². The highest BCUT2D eigenvalue weighted by Crippen LogP contribution is 2.09. The number of hydrogen-bond acceptors (Lipinski definition) is 4. The molecule has 0 radical (unpaired) electrons. The summed E-state index contributed by atoms with van der Waals surface area (Å²) in [6.45, 7) is 3.02. The Morgan fingerprint density at radius 3 is 2.89 bits per heavy atom. The minimum absolute atomic E-state index is 0.110. The summed E-state index contributed by atoms with van der Waals surface area (Å²) in [4.78, 5) is 0. The van der Waals surface area contributed by atoms with Crippen LogP contribution in [0.15, 0.2) is 23.4 Å². The van der Waals surface area contributed by atoms with Crippen LogP contribution in [0.3, 0.4) is 0 Å². The van der Waals surface area contributed by atoms with Crippen molar-refractivity contribution in [3.8, 4) is 0 Å². The number of oxime groups is 1. The molecule has 18 heavy (non-hydrogen) atoms. The second-order valence-corrected chi connectivity index (χ2v) is 4.07. The fourth-order valence-electron chi connectivity index (χ4n) is 1.56. The quantitative estimate of drug-likeness (QED) is 0.307. The Morgan fingerprint density at radius 1 is 1.56 bits per heavy atom. The Morgan fingerprint density at radius 2 is 2.28 bits per heavy atom.